The van der Waals surface area contributed by atoms with Gasteiger partial charge in [0.2, 0.25) is 0 Å². The third-order valence-corrected chi connectivity index (χ3v) is 8.09. The Bertz CT molecular complexity index is 1600. The van der Waals surface area contributed by atoms with Gasteiger partial charge in [-0.25, -0.2) is 4.98 Å². The summed E-state index contributed by atoms with van der Waals surface area (Å²) in [6.07, 6.45) is -3.76. The molecule has 0 spiro atoms. The van der Waals surface area contributed by atoms with Crippen LogP contribution in [0.4, 0.5) is 18.9 Å². The maximum absolute atomic E-state index is 13.0. The van der Waals surface area contributed by atoms with Gasteiger partial charge in [-0.2, -0.15) is 8.42 Å². The number of halogens is 3. The van der Waals surface area contributed by atoms with Gasteiger partial charge in [0.1, 0.15) is 0 Å². The van der Waals surface area contributed by atoms with Crippen molar-refractivity contribution >= 4 is 33.0 Å². The van der Waals surface area contributed by atoms with Crippen molar-refractivity contribution in [3.63, 3.8) is 0 Å². The molecular formula is C25H18F3N3O4S2. The van der Waals surface area contributed by atoms with Crippen molar-refractivity contribution in [1.29, 1.82) is 0 Å². The first kappa shape index (κ1) is 24.8. The van der Waals surface area contributed by atoms with Gasteiger partial charge in [-0.1, -0.05) is 12.1 Å². The largest absolute Gasteiger partial charge is 0.573 e. The van der Waals surface area contributed by atoms with E-state index in [9.17, 15) is 26.4 Å². The maximum Gasteiger partial charge on any atom is 0.573 e. The van der Waals surface area contributed by atoms with Crippen molar-refractivity contribution in [2.45, 2.75) is 17.9 Å². The zero-order chi connectivity index (χ0) is 26.4. The number of sulfonamides is 1. The van der Waals surface area contributed by atoms with Gasteiger partial charge in [0.15, 0.2) is 10.8 Å². The summed E-state index contributed by atoms with van der Waals surface area (Å²) in [4.78, 5) is 19.1. The number of anilines is 1. The Morgan fingerprint density at radius 2 is 1.70 bits per heavy atom. The molecule has 12 heteroatoms. The second kappa shape index (κ2) is 9.20. The van der Waals surface area contributed by atoms with Crippen molar-refractivity contribution in [2.75, 3.05) is 11.8 Å². The van der Waals surface area contributed by atoms with Crippen molar-refractivity contribution < 1.29 is 31.1 Å². The van der Waals surface area contributed by atoms with Crippen LogP contribution in [-0.2, 0) is 16.6 Å². The Balaban J connectivity index is 1.49. The van der Waals surface area contributed by atoms with Crippen molar-refractivity contribution in [1.82, 2.24) is 9.88 Å². The number of rotatable bonds is 6. The number of benzene rings is 2. The van der Waals surface area contributed by atoms with Crippen LogP contribution in [0.2, 0.25) is 0 Å². The van der Waals surface area contributed by atoms with Crippen LogP contribution in [0.3, 0.4) is 0 Å². The van der Waals surface area contributed by atoms with E-state index in [0.29, 0.717) is 22.5 Å². The van der Waals surface area contributed by atoms with Crippen LogP contribution in [0.5, 0.6) is 5.75 Å². The summed E-state index contributed by atoms with van der Waals surface area (Å²) in [5, 5.41) is -0.350. The Morgan fingerprint density at radius 3 is 2.38 bits per heavy atom. The molecule has 4 aromatic rings. The number of thiophene rings is 1. The Hall–Kier alpha value is -3.90. The normalized spacial score (nSPS) is 13.5. The minimum absolute atomic E-state index is 0.0322. The first-order chi connectivity index (χ1) is 17.5. The molecule has 0 radical (unpaired) electrons. The van der Waals surface area contributed by atoms with Crippen LogP contribution in [0.15, 0.2) is 78.0 Å². The fourth-order valence-electron chi connectivity index (χ4n) is 3.95. The highest BCUT2D eigenvalue weighted by molar-refractivity contribution is 7.92. The lowest BCUT2D eigenvalue weighted by Gasteiger charge is -2.15. The lowest BCUT2D eigenvalue weighted by molar-refractivity contribution is -0.274. The van der Waals surface area contributed by atoms with E-state index in [2.05, 4.69) is 14.4 Å². The molecule has 1 amide bonds. The molecule has 0 aliphatic carbocycles. The summed E-state index contributed by atoms with van der Waals surface area (Å²) < 4.78 is 70.8. The monoisotopic (exact) mass is 545 g/mol. The number of aromatic nitrogens is 1. The highest BCUT2D eigenvalue weighted by atomic mass is 32.2. The molecule has 1 aliphatic rings. The van der Waals surface area contributed by atoms with Gasteiger partial charge in [-0.15, -0.1) is 24.5 Å². The van der Waals surface area contributed by atoms with E-state index < -0.39 is 22.1 Å². The van der Waals surface area contributed by atoms with Gasteiger partial charge in [0.25, 0.3) is 15.9 Å². The van der Waals surface area contributed by atoms with Gasteiger partial charge in [-0.3, -0.25) is 9.52 Å². The van der Waals surface area contributed by atoms with Crippen LogP contribution in [-0.4, -0.2) is 37.6 Å². The number of carbonyl (C=O) groups is 1. The number of fused-ring (bicyclic) bond motifs is 1. The van der Waals surface area contributed by atoms with Crippen LogP contribution in [0.25, 0.3) is 20.9 Å². The molecule has 2 aromatic heterocycles. The molecule has 2 aromatic carbocycles. The molecule has 0 saturated heterocycles. The number of hydrogen-bond donors (Lipinski definition) is 1. The van der Waals surface area contributed by atoms with E-state index in [1.165, 1.54) is 47.9 Å². The van der Waals surface area contributed by atoms with Gasteiger partial charge >= 0.3 is 6.36 Å². The summed E-state index contributed by atoms with van der Waals surface area (Å²) in [6, 6.07) is 17.2. The zero-order valence-electron chi connectivity index (χ0n) is 19.1. The summed E-state index contributed by atoms with van der Waals surface area (Å²) in [7, 11) is -2.55. The molecule has 0 atom stereocenters. The van der Waals surface area contributed by atoms with E-state index >= 15 is 0 Å². The van der Waals surface area contributed by atoms with Gasteiger partial charge in [-0.05, 0) is 71.3 Å². The summed E-state index contributed by atoms with van der Waals surface area (Å²) >= 11 is 1.38. The predicted octanol–water partition coefficient (Wildman–Crippen LogP) is 5.76. The number of ether oxygens (including phenoxy) is 1. The minimum atomic E-state index is -5.02. The third kappa shape index (κ3) is 5.16. The topological polar surface area (TPSA) is 88.6 Å². The molecule has 3 heterocycles. The number of amides is 1. The average molecular weight is 546 g/mol. The second-order valence-electron chi connectivity index (χ2n) is 8.23. The van der Waals surface area contributed by atoms with Crippen molar-refractivity contribution in [2.24, 2.45) is 0 Å². The zero-order valence-corrected chi connectivity index (χ0v) is 20.7. The van der Waals surface area contributed by atoms with E-state index in [1.807, 2.05) is 18.2 Å². The second-order valence-corrected chi connectivity index (χ2v) is 10.9. The quantitative estimate of drug-likeness (QED) is 0.333. The van der Waals surface area contributed by atoms with E-state index in [4.69, 9.17) is 0 Å². The van der Waals surface area contributed by atoms with Gasteiger partial charge in [0.05, 0.1) is 5.69 Å². The molecular weight excluding hydrogens is 527 g/mol. The predicted molar refractivity (Wildman–Crippen MR) is 133 cm³/mol. The average Bonchev–Trinajstić information content (AvgIpc) is 3.44. The minimum Gasteiger partial charge on any atom is -0.404 e. The highest BCUT2D eigenvalue weighted by Gasteiger charge is 2.33. The highest BCUT2D eigenvalue weighted by Crippen LogP contribution is 2.40. The maximum atomic E-state index is 13.0. The Morgan fingerprint density at radius 1 is 1.00 bits per heavy atom. The van der Waals surface area contributed by atoms with Crippen LogP contribution < -0.4 is 9.46 Å². The SMILES string of the molecule is CN1Cc2cc(-c3ccc(-c4ccc(OC(F)(F)F)c(NS(=O)(=O)c5ccccn5)c4)s3)ccc2C1=O. The molecule has 0 saturated carbocycles. The number of alkyl halides is 3. The van der Waals surface area contributed by atoms with E-state index in [1.54, 1.807) is 24.1 Å². The van der Waals surface area contributed by atoms with Gasteiger partial charge in [0, 0.05) is 35.1 Å². The molecule has 0 bridgehead atoms. The Labute approximate surface area is 214 Å². The molecule has 190 valence electrons. The molecule has 0 fully saturated rings. The van der Waals surface area contributed by atoms with Crippen LogP contribution in [0, 0.1) is 0 Å². The van der Waals surface area contributed by atoms with E-state index in [0.717, 1.165) is 22.1 Å². The Kier molecular flexibility index (Phi) is 6.16. The standard InChI is InChI=1S/C25H18F3N3O4S2/c1-31-14-17-12-15(5-7-18(17)24(31)32)21-9-10-22(36-21)16-6-8-20(35-25(26,27)28)19(13-16)30-37(33,34)23-4-2-3-11-29-23/h2-13,30H,14H2,1H3. The fraction of sp³-hybridized carbons (Fsp3) is 0.120. The molecule has 1 N–H and O–H groups in total. The number of carbonyl (C=O) groups excluding carboxylic acids is 1. The van der Waals surface area contributed by atoms with Crippen LogP contribution in [0.1, 0.15) is 15.9 Å². The lowest BCUT2D eigenvalue weighted by atomic mass is 10.1. The molecule has 7 nitrogen and oxygen atoms in total. The number of pyridine rings is 1. The molecule has 0 unspecified atom stereocenters. The lowest BCUT2D eigenvalue weighted by Crippen LogP contribution is -2.20. The first-order valence-corrected chi connectivity index (χ1v) is 13.1. The number of hydrogen-bond acceptors (Lipinski definition) is 6. The molecule has 37 heavy (non-hydrogen) atoms. The molecule has 5 rings (SSSR count). The number of nitrogens with zero attached hydrogens (tertiary/aromatic N) is 2. The first-order valence-electron chi connectivity index (χ1n) is 10.8. The van der Waals surface area contributed by atoms with Crippen LogP contribution >= 0.6 is 11.3 Å². The number of nitrogens with one attached hydrogen (secondary N) is 1. The summed E-state index contributed by atoms with van der Waals surface area (Å²) in [5.41, 5.74) is 2.58. The summed E-state index contributed by atoms with van der Waals surface area (Å²) in [5.74, 6) is -0.727. The van der Waals surface area contributed by atoms with E-state index in [-0.39, 0.29) is 16.6 Å². The van der Waals surface area contributed by atoms with Crippen molar-refractivity contribution in [3.8, 4) is 26.6 Å². The summed E-state index contributed by atoms with van der Waals surface area (Å²) in [6.45, 7) is 0.515. The smallest absolute Gasteiger partial charge is 0.404 e. The fourth-order valence-corrected chi connectivity index (χ4v) is 5.96. The van der Waals surface area contributed by atoms with Crippen molar-refractivity contribution in [3.05, 3.63) is 84.1 Å². The van der Waals surface area contributed by atoms with Gasteiger partial charge < -0.3 is 9.64 Å². The molecule has 1 aliphatic heterocycles. The third-order valence-electron chi connectivity index (χ3n) is 5.63.